The van der Waals surface area contributed by atoms with Gasteiger partial charge in [-0.1, -0.05) is 32.1 Å². The minimum absolute atomic E-state index is 0.136. The number of carbonyl (C=O) groups excluding carboxylic acids is 1. The van der Waals surface area contributed by atoms with E-state index in [1.807, 2.05) is 13.8 Å². The third-order valence-electron chi connectivity index (χ3n) is 3.76. The Hall–Kier alpha value is -0.570. The van der Waals surface area contributed by atoms with Crippen LogP contribution in [0.25, 0.3) is 0 Å². The lowest BCUT2D eigenvalue weighted by Gasteiger charge is -2.24. The molecule has 1 aliphatic rings. The van der Waals surface area contributed by atoms with Crippen LogP contribution in [0, 0.1) is 11.3 Å². The molecule has 3 heteroatoms. The zero-order valence-corrected chi connectivity index (χ0v) is 11.6. The van der Waals surface area contributed by atoms with Crippen molar-refractivity contribution in [2.45, 2.75) is 52.4 Å². The van der Waals surface area contributed by atoms with Crippen LogP contribution in [0.4, 0.5) is 0 Å². The first-order valence-electron chi connectivity index (χ1n) is 6.85. The summed E-state index contributed by atoms with van der Waals surface area (Å²) in [5.74, 6) is 0.764. The van der Waals surface area contributed by atoms with Crippen LogP contribution in [0.5, 0.6) is 0 Å². The predicted molar refractivity (Wildman–Crippen MR) is 69.9 cm³/mol. The molecule has 0 heterocycles. The highest BCUT2D eigenvalue weighted by Crippen LogP contribution is 2.25. The molecule has 0 aromatic rings. The topological polar surface area (TPSA) is 38.3 Å². The monoisotopic (exact) mass is 241 g/mol. The molecule has 1 rings (SSSR count). The summed E-state index contributed by atoms with van der Waals surface area (Å²) < 4.78 is 4.78. The lowest BCUT2D eigenvalue weighted by Crippen LogP contribution is -2.37. The van der Waals surface area contributed by atoms with Crippen LogP contribution in [0.2, 0.25) is 0 Å². The van der Waals surface area contributed by atoms with Crippen molar-refractivity contribution in [3.05, 3.63) is 0 Å². The number of carbonyl (C=O) groups is 1. The molecule has 1 aliphatic carbocycles. The predicted octanol–water partition coefficient (Wildman–Crippen LogP) is 2.75. The van der Waals surface area contributed by atoms with E-state index < -0.39 is 5.41 Å². The van der Waals surface area contributed by atoms with E-state index in [2.05, 4.69) is 5.32 Å². The van der Waals surface area contributed by atoms with Crippen molar-refractivity contribution in [2.24, 2.45) is 11.3 Å². The summed E-state index contributed by atoms with van der Waals surface area (Å²) >= 11 is 0. The Morgan fingerprint density at radius 2 is 1.94 bits per heavy atom. The molecule has 0 radical (unpaired) electrons. The van der Waals surface area contributed by atoms with Gasteiger partial charge in [-0.2, -0.15) is 0 Å². The lowest BCUT2D eigenvalue weighted by atomic mass is 9.87. The summed E-state index contributed by atoms with van der Waals surface area (Å²) in [6, 6.07) is 0. The van der Waals surface area contributed by atoms with Crippen LogP contribution in [0.15, 0.2) is 0 Å². The van der Waals surface area contributed by atoms with Crippen LogP contribution >= 0.6 is 0 Å². The Labute approximate surface area is 105 Å². The summed E-state index contributed by atoms with van der Waals surface area (Å²) in [6.07, 6.45) is 8.25. The molecule has 3 nitrogen and oxygen atoms in total. The van der Waals surface area contributed by atoms with Crippen molar-refractivity contribution in [2.75, 3.05) is 20.2 Å². The maximum Gasteiger partial charge on any atom is 0.312 e. The van der Waals surface area contributed by atoms with E-state index in [-0.39, 0.29) is 5.97 Å². The van der Waals surface area contributed by atoms with Crippen LogP contribution in [-0.2, 0) is 9.53 Å². The largest absolute Gasteiger partial charge is 0.469 e. The van der Waals surface area contributed by atoms with Gasteiger partial charge in [-0.15, -0.1) is 0 Å². The SMILES string of the molecule is COC(=O)C(C)(C)CNCCC1CCCCC1. The quantitative estimate of drug-likeness (QED) is 0.574. The molecule has 0 atom stereocenters. The number of nitrogens with one attached hydrogen (secondary N) is 1. The van der Waals surface area contributed by atoms with E-state index in [9.17, 15) is 4.79 Å². The van der Waals surface area contributed by atoms with Gasteiger partial charge in [0.05, 0.1) is 12.5 Å². The van der Waals surface area contributed by atoms with Gasteiger partial charge in [-0.3, -0.25) is 4.79 Å². The molecule has 0 aromatic heterocycles. The van der Waals surface area contributed by atoms with Crippen molar-refractivity contribution in [3.63, 3.8) is 0 Å². The van der Waals surface area contributed by atoms with Crippen molar-refractivity contribution in [3.8, 4) is 0 Å². The van der Waals surface area contributed by atoms with Crippen LogP contribution in [0.1, 0.15) is 52.4 Å². The first kappa shape index (κ1) is 14.5. The maximum absolute atomic E-state index is 11.5. The molecule has 1 fully saturated rings. The van der Waals surface area contributed by atoms with Gasteiger partial charge < -0.3 is 10.1 Å². The number of methoxy groups -OCH3 is 1. The molecule has 1 N–H and O–H groups in total. The van der Waals surface area contributed by atoms with Crippen LogP contribution < -0.4 is 5.32 Å². The lowest BCUT2D eigenvalue weighted by molar-refractivity contribution is -0.150. The van der Waals surface area contributed by atoms with E-state index in [0.717, 1.165) is 12.5 Å². The molecule has 100 valence electrons. The summed E-state index contributed by atoms with van der Waals surface area (Å²) in [6.45, 7) is 5.57. The standard InChI is InChI=1S/C14H27NO2/c1-14(2,13(16)17-3)11-15-10-9-12-7-5-4-6-8-12/h12,15H,4-11H2,1-3H3. The molecule has 0 spiro atoms. The molecule has 1 saturated carbocycles. The number of rotatable bonds is 6. The molecule has 0 unspecified atom stereocenters. The number of hydrogen-bond donors (Lipinski definition) is 1. The second-order valence-electron chi connectivity index (χ2n) is 5.84. The van der Waals surface area contributed by atoms with Gasteiger partial charge in [0.2, 0.25) is 0 Å². The molecule has 0 amide bonds. The smallest absolute Gasteiger partial charge is 0.312 e. The minimum Gasteiger partial charge on any atom is -0.469 e. The Morgan fingerprint density at radius 1 is 1.29 bits per heavy atom. The van der Waals surface area contributed by atoms with Crippen LogP contribution in [-0.4, -0.2) is 26.2 Å². The van der Waals surface area contributed by atoms with Gasteiger partial charge in [0, 0.05) is 6.54 Å². The average Bonchev–Trinajstić information content (AvgIpc) is 2.35. The minimum atomic E-state index is -0.415. The normalized spacial score (nSPS) is 18.1. The second kappa shape index (κ2) is 7.00. The van der Waals surface area contributed by atoms with Crippen molar-refractivity contribution in [1.82, 2.24) is 5.32 Å². The Kier molecular flexibility index (Phi) is 5.96. The maximum atomic E-state index is 11.5. The summed E-state index contributed by atoms with van der Waals surface area (Å²) in [5.41, 5.74) is -0.415. The highest BCUT2D eigenvalue weighted by atomic mass is 16.5. The summed E-state index contributed by atoms with van der Waals surface area (Å²) in [4.78, 5) is 11.5. The molecular weight excluding hydrogens is 214 g/mol. The molecule has 17 heavy (non-hydrogen) atoms. The number of esters is 1. The highest BCUT2D eigenvalue weighted by molar-refractivity contribution is 5.76. The zero-order chi connectivity index (χ0) is 12.7. The molecule has 0 saturated heterocycles. The first-order chi connectivity index (χ1) is 8.06. The van der Waals surface area contributed by atoms with E-state index >= 15 is 0 Å². The van der Waals surface area contributed by atoms with Gasteiger partial charge in [0.25, 0.3) is 0 Å². The average molecular weight is 241 g/mol. The van der Waals surface area contributed by atoms with E-state index in [0.29, 0.717) is 6.54 Å². The third kappa shape index (κ3) is 5.07. The van der Waals surface area contributed by atoms with Crippen molar-refractivity contribution in [1.29, 1.82) is 0 Å². The number of ether oxygens (including phenoxy) is 1. The Balaban J connectivity index is 2.12. The molecule has 0 aliphatic heterocycles. The molecule has 0 aromatic carbocycles. The van der Waals surface area contributed by atoms with Gasteiger partial charge in [0.15, 0.2) is 0 Å². The molecular formula is C14H27NO2. The van der Waals surface area contributed by atoms with Crippen LogP contribution in [0.3, 0.4) is 0 Å². The summed E-state index contributed by atoms with van der Waals surface area (Å²) in [5, 5.41) is 3.39. The number of hydrogen-bond acceptors (Lipinski definition) is 3. The van der Waals surface area contributed by atoms with Crippen molar-refractivity contribution >= 4 is 5.97 Å². The second-order valence-corrected chi connectivity index (χ2v) is 5.84. The van der Waals surface area contributed by atoms with Gasteiger partial charge in [-0.05, 0) is 32.7 Å². The highest BCUT2D eigenvalue weighted by Gasteiger charge is 2.28. The zero-order valence-electron chi connectivity index (χ0n) is 11.6. The fourth-order valence-electron chi connectivity index (χ4n) is 2.53. The van der Waals surface area contributed by atoms with Gasteiger partial charge in [0.1, 0.15) is 0 Å². The fraction of sp³-hybridized carbons (Fsp3) is 0.929. The molecule has 0 bridgehead atoms. The van der Waals surface area contributed by atoms with Crippen molar-refractivity contribution < 1.29 is 9.53 Å². The van der Waals surface area contributed by atoms with Gasteiger partial charge in [-0.25, -0.2) is 0 Å². The third-order valence-corrected chi connectivity index (χ3v) is 3.76. The Morgan fingerprint density at radius 3 is 2.53 bits per heavy atom. The Bertz CT molecular complexity index is 232. The summed E-state index contributed by atoms with van der Waals surface area (Å²) in [7, 11) is 1.45. The fourth-order valence-corrected chi connectivity index (χ4v) is 2.53. The van der Waals surface area contributed by atoms with E-state index in [1.54, 1.807) is 0 Å². The van der Waals surface area contributed by atoms with E-state index in [4.69, 9.17) is 4.74 Å². The van der Waals surface area contributed by atoms with E-state index in [1.165, 1.54) is 45.6 Å². The first-order valence-corrected chi connectivity index (χ1v) is 6.85. The van der Waals surface area contributed by atoms with Gasteiger partial charge >= 0.3 is 5.97 Å².